The van der Waals surface area contributed by atoms with Crippen LogP contribution in [-0.4, -0.2) is 9.85 Å². The number of nitro benzene ring substituents is 2. The average molecular weight is 306 g/mol. The van der Waals surface area contributed by atoms with E-state index in [-0.39, 0.29) is 22.7 Å². The van der Waals surface area contributed by atoms with Crippen LogP contribution in [0.15, 0.2) is 36.4 Å². The standard InChI is InChI=1S/2C6H7N3O2/c2*7-4-1-2-5(8)6(3-4)9(10)11/h2*1-3H,7-8H2. The third-order valence-corrected chi connectivity index (χ3v) is 2.50. The van der Waals surface area contributed by atoms with Crippen LogP contribution in [0.2, 0.25) is 0 Å². The molecule has 0 aliphatic rings. The minimum atomic E-state index is -0.564. The number of hydrogen-bond donors (Lipinski definition) is 4. The number of nitrogens with zero attached hydrogens (tertiary/aromatic N) is 2. The van der Waals surface area contributed by atoms with Crippen molar-refractivity contribution in [2.24, 2.45) is 0 Å². The van der Waals surface area contributed by atoms with Gasteiger partial charge in [-0.1, -0.05) is 0 Å². The summed E-state index contributed by atoms with van der Waals surface area (Å²) in [4.78, 5) is 19.4. The highest BCUT2D eigenvalue weighted by molar-refractivity contribution is 5.64. The number of nitrogen functional groups attached to an aromatic ring is 4. The van der Waals surface area contributed by atoms with Crippen LogP contribution >= 0.6 is 0 Å². The van der Waals surface area contributed by atoms with E-state index in [0.717, 1.165) is 0 Å². The first kappa shape index (κ1) is 16.5. The van der Waals surface area contributed by atoms with Crippen molar-refractivity contribution < 1.29 is 9.85 Å². The molecule has 0 amide bonds. The van der Waals surface area contributed by atoms with E-state index in [1.165, 1.54) is 36.4 Å². The highest BCUT2D eigenvalue weighted by atomic mass is 16.6. The van der Waals surface area contributed by atoms with Gasteiger partial charge in [0.25, 0.3) is 11.4 Å². The highest BCUT2D eigenvalue weighted by Crippen LogP contribution is 2.23. The molecular formula is C12H14N6O4. The van der Waals surface area contributed by atoms with Crippen molar-refractivity contribution >= 4 is 34.1 Å². The lowest BCUT2D eigenvalue weighted by Gasteiger charge is -1.96. The van der Waals surface area contributed by atoms with Gasteiger partial charge in [0.15, 0.2) is 0 Å². The van der Waals surface area contributed by atoms with Crippen molar-refractivity contribution in [1.82, 2.24) is 0 Å². The van der Waals surface area contributed by atoms with Gasteiger partial charge in [-0.2, -0.15) is 0 Å². The van der Waals surface area contributed by atoms with Crippen LogP contribution < -0.4 is 22.9 Å². The molecule has 8 N–H and O–H groups in total. The third-order valence-electron chi connectivity index (χ3n) is 2.50. The lowest BCUT2D eigenvalue weighted by atomic mass is 10.2. The van der Waals surface area contributed by atoms with Gasteiger partial charge in [0.05, 0.1) is 9.85 Å². The molecule has 0 aliphatic heterocycles. The van der Waals surface area contributed by atoms with Crippen molar-refractivity contribution in [3.05, 3.63) is 56.6 Å². The molecule has 0 spiro atoms. The van der Waals surface area contributed by atoms with Crippen LogP contribution in [0.5, 0.6) is 0 Å². The third kappa shape index (κ3) is 4.23. The van der Waals surface area contributed by atoms with Crippen molar-refractivity contribution in [1.29, 1.82) is 0 Å². The van der Waals surface area contributed by atoms with Gasteiger partial charge in [0, 0.05) is 23.5 Å². The maximum absolute atomic E-state index is 10.2. The Morgan fingerprint density at radius 2 is 1.00 bits per heavy atom. The fourth-order valence-corrected chi connectivity index (χ4v) is 1.44. The zero-order valence-corrected chi connectivity index (χ0v) is 11.3. The zero-order valence-electron chi connectivity index (χ0n) is 11.3. The normalized spacial score (nSPS) is 9.45. The molecule has 2 aromatic rings. The van der Waals surface area contributed by atoms with E-state index in [0.29, 0.717) is 11.4 Å². The Bertz CT molecular complexity index is 657. The lowest BCUT2D eigenvalue weighted by Crippen LogP contribution is -1.96. The molecule has 0 saturated heterocycles. The number of benzene rings is 2. The summed E-state index contributed by atoms with van der Waals surface area (Å²) < 4.78 is 0. The SMILES string of the molecule is Nc1ccc(N)c([N+](=O)[O-])c1.Nc1ccc(N)c([N+](=O)[O-])c1. The summed E-state index contributed by atoms with van der Waals surface area (Å²) in [5.41, 5.74) is 21.8. The lowest BCUT2D eigenvalue weighted by molar-refractivity contribution is -0.384. The summed E-state index contributed by atoms with van der Waals surface area (Å²) in [6.07, 6.45) is 0. The predicted molar refractivity (Wildman–Crippen MR) is 83.8 cm³/mol. The van der Waals surface area contributed by atoms with Crippen molar-refractivity contribution in [2.45, 2.75) is 0 Å². The number of hydrogen-bond acceptors (Lipinski definition) is 8. The minimum absolute atomic E-state index is 0.129. The van der Waals surface area contributed by atoms with E-state index in [9.17, 15) is 20.2 Å². The maximum atomic E-state index is 10.2. The Hall–Kier alpha value is -3.56. The van der Waals surface area contributed by atoms with E-state index in [1.807, 2.05) is 0 Å². The van der Waals surface area contributed by atoms with E-state index >= 15 is 0 Å². The van der Waals surface area contributed by atoms with Crippen LogP contribution in [-0.2, 0) is 0 Å². The van der Waals surface area contributed by atoms with Gasteiger partial charge in [-0.3, -0.25) is 20.2 Å². The summed E-state index contributed by atoms with van der Waals surface area (Å²) in [5, 5.41) is 20.5. The molecule has 0 bridgehead atoms. The van der Waals surface area contributed by atoms with Crippen LogP contribution in [0.4, 0.5) is 34.1 Å². The summed E-state index contributed by atoms with van der Waals surface area (Å²) in [6, 6.07) is 8.32. The fraction of sp³-hybridized carbons (Fsp3) is 0. The second kappa shape index (κ2) is 6.74. The minimum Gasteiger partial charge on any atom is -0.399 e. The van der Waals surface area contributed by atoms with E-state index < -0.39 is 9.85 Å². The number of nitrogens with two attached hydrogens (primary N) is 4. The molecule has 0 fully saturated rings. The van der Waals surface area contributed by atoms with E-state index in [1.54, 1.807) is 0 Å². The summed E-state index contributed by atoms with van der Waals surface area (Å²) in [6.45, 7) is 0. The number of anilines is 4. The summed E-state index contributed by atoms with van der Waals surface area (Å²) in [7, 11) is 0. The largest absolute Gasteiger partial charge is 0.399 e. The molecule has 0 unspecified atom stereocenters. The van der Waals surface area contributed by atoms with E-state index in [2.05, 4.69) is 0 Å². The maximum Gasteiger partial charge on any atom is 0.294 e. The van der Waals surface area contributed by atoms with Crippen molar-refractivity contribution in [2.75, 3.05) is 22.9 Å². The second-order valence-corrected chi connectivity index (χ2v) is 4.15. The smallest absolute Gasteiger partial charge is 0.294 e. The molecule has 2 rings (SSSR count). The monoisotopic (exact) mass is 306 g/mol. The van der Waals surface area contributed by atoms with Gasteiger partial charge in [0.2, 0.25) is 0 Å². The highest BCUT2D eigenvalue weighted by Gasteiger charge is 2.10. The molecule has 10 heteroatoms. The molecule has 22 heavy (non-hydrogen) atoms. The molecule has 116 valence electrons. The van der Waals surface area contributed by atoms with Gasteiger partial charge in [-0.05, 0) is 24.3 Å². The Morgan fingerprint density at radius 3 is 1.23 bits per heavy atom. The van der Waals surface area contributed by atoms with Gasteiger partial charge in [-0.15, -0.1) is 0 Å². The fourth-order valence-electron chi connectivity index (χ4n) is 1.44. The van der Waals surface area contributed by atoms with Gasteiger partial charge in [0.1, 0.15) is 11.4 Å². The quantitative estimate of drug-likeness (QED) is 0.364. The Morgan fingerprint density at radius 1 is 0.682 bits per heavy atom. The summed E-state index contributed by atoms with van der Waals surface area (Å²) in [5.74, 6) is 0. The van der Waals surface area contributed by atoms with Gasteiger partial charge >= 0.3 is 0 Å². The number of rotatable bonds is 2. The molecule has 0 aromatic heterocycles. The molecule has 0 saturated carbocycles. The van der Waals surface area contributed by atoms with Crippen LogP contribution in [0, 0.1) is 20.2 Å². The van der Waals surface area contributed by atoms with Gasteiger partial charge < -0.3 is 22.9 Å². The topological polar surface area (TPSA) is 190 Å². The Labute approximate surface area is 124 Å². The second-order valence-electron chi connectivity index (χ2n) is 4.15. The molecular weight excluding hydrogens is 292 g/mol. The van der Waals surface area contributed by atoms with Crippen molar-refractivity contribution in [3.8, 4) is 0 Å². The Kier molecular flexibility index (Phi) is 5.06. The van der Waals surface area contributed by atoms with Crippen molar-refractivity contribution in [3.63, 3.8) is 0 Å². The summed E-state index contributed by atoms with van der Waals surface area (Å²) >= 11 is 0. The molecule has 0 atom stereocenters. The molecule has 0 aliphatic carbocycles. The predicted octanol–water partition coefficient (Wildman–Crippen LogP) is 1.52. The molecule has 0 heterocycles. The van der Waals surface area contributed by atoms with Gasteiger partial charge in [-0.25, -0.2) is 0 Å². The van der Waals surface area contributed by atoms with Crippen LogP contribution in [0.25, 0.3) is 0 Å². The first-order valence-electron chi connectivity index (χ1n) is 5.81. The average Bonchev–Trinajstić information content (AvgIpc) is 2.44. The molecule has 10 nitrogen and oxygen atoms in total. The first-order valence-corrected chi connectivity index (χ1v) is 5.81. The Balaban J connectivity index is 0.000000220. The zero-order chi connectivity index (χ0) is 16.9. The molecule has 2 aromatic carbocycles. The number of nitro groups is 2. The first-order chi connectivity index (χ1) is 10.2. The molecule has 0 radical (unpaired) electrons. The van der Waals surface area contributed by atoms with Crippen LogP contribution in [0.3, 0.4) is 0 Å². The van der Waals surface area contributed by atoms with E-state index in [4.69, 9.17) is 22.9 Å². The van der Waals surface area contributed by atoms with Crippen LogP contribution in [0.1, 0.15) is 0 Å².